The summed E-state index contributed by atoms with van der Waals surface area (Å²) in [6, 6.07) is 0. The van der Waals surface area contributed by atoms with Crippen LogP contribution >= 0.6 is 7.82 Å². The molecule has 0 aliphatic carbocycles. The molecule has 0 N–H and O–H groups in total. The van der Waals surface area contributed by atoms with Crippen LogP contribution < -0.4 is 4.89 Å². The number of carbonyl (C=O) groups is 2. The van der Waals surface area contributed by atoms with E-state index in [1.54, 1.807) is 0 Å². The van der Waals surface area contributed by atoms with Gasteiger partial charge in [-0.3, -0.25) is 14.2 Å². The number of hydrogen-bond donors (Lipinski definition) is 0. The molecule has 0 bridgehead atoms. The van der Waals surface area contributed by atoms with Crippen molar-refractivity contribution in [2.45, 2.75) is 328 Å². The molecule has 2 atom stereocenters. The van der Waals surface area contributed by atoms with Crippen molar-refractivity contribution in [3.63, 3.8) is 0 Å². The zero-order chi connectivity index (χ0) is 66.9. The van der Waals surface area contributed by atoms with Crippen molar-refractivity contribution in [3.05, 3.63) is 134 Å². The van der Waals surface area contributed by atoms with Crippen molar-refractivity contribution >= 4 is 19.8 Å². The second-order valence-electron chi connectivity index (χ2n) is 26.3. The van der Waals surface area contributed by atoms with Gasteiger partial charge in [0.2, 0.25) is 0 Å². The quantitative estimate of drug-likeness (QED) is 0.0195. The van der Waals surface area contributed by atoms with Gasteiger partial charge < -0.3 is 27.9 Å². The predicted molar refractivity (Wildman–Crippen MR) is 397 cm³/mol. The molecule has 92 heavy (non-hydrogen) atoms. The number of carbonyl (C=O) groups excluding carboxylic acids is 2. The first-order chi connectivity index (χ1) is 45.0. The molecule has 0 saturated carbocycles. The van der Waals surface area contributed by atoms with Gasteiger partial charge in [0.25, 0.3) is 7.82 Å². The van der Waals surface area contributed by atoms with Crippen LogP contribution in [-0.4, -0.2) is 70.0 Å². The summed E-state index contributed by atoms with van der Waals surface area (Å²) in [6.45, 7) is 4.12. The number of likely N-dealkylation sites (N-methyl/N-ethyl adjacent to an activating group) is 1. The molecular weight excluding hydrogens is 1160 g/mol. The van der Waals surface area contributed by atoms with Gasteiger partial charge in [-0.25, -0.2) is 0 Å². The van der Waals surface area contributed by atoms with Crippen LogP contribution in [0.1, 0.15) is 322 Å². The summed E-state index contributed by atoms with van der Waals surface area (Å²) in [6.07, 6.45) is 104. The van der Waals surface area contributed by atoms with E-state index >= 15 is 0 Å². The van der Waals surface area contributed by atoms with Crippen LogP contribution in [0.3, 0.4) is 0 Å². The Morgan fingerprint density at radius 2 is 0.620 bits per heavy atom. The lowest BCUT2D eigenvalue weighted by Crippen LogP contribution is -2.37. The molecule has 0 heterocycles. The smallest absolute Gasteiger partial charge is 0.306 e. The Morgan fingerprint density at radius 3 is 0.935 bits per heavy atom. The van der Waals surface area contributed by atoms with Gasteiger partial charge in [0.1, 0.15) is 19.8 Å². The van der Waals surface area contributed by atoms with Gasteiger partial charge in [-0.15, -0.1) is 0 Å². The predicted octanol–water partition coefficient (Wildman–Crippen LogP) is 24.5. The number of unbranched alkanes of at least 4 members (excludes halogenated alkanes) is 33. The molecule has 0 saturated heterocycles. The van der Waals surface area contributed by atoms with E-state index in [9.17, 15) is 19.0 Å². The summed E-state index contributed by atoms with van der Waals surface area (Å²) in [7, 11) is 1.14. The maximum Gasteiger partial charge on any atom is 0.306 e. The highest BCUT2D eigenvalue weighted by Crippen LogP contribution is 2.38. The Kier molecular flexibility index (Phi) is 68.5. The molecule has 528 valence electrons. The first-order valence-electron chi connectivity index (χ1n) is 37.9. The van der Waals surface area contributed by atoms with E-state index < -0.39 is 26.5 Å². The highest BCUT2D eigenvalue weighted by Gasteiger charge is 2.22. The summed E-state index contributed by atoms with van der Waals surface area (Å²) in [5.41, 5.74) is 0. The maximum absolute atomic E-state index is 12.9. The van der Waals surface area contributed by atoms with Crippen LogP contribution in [0.5, 0.6) is 0 Å². The zero-order valence-electron chi connectivity index (χ0n) is 60.2. The summed E-state index contributed by atoms with van der Waals surface area (Å²) in [5, 5.41) is 0. The van der Waals surface area contributed by atoms with E-state index in [0.717, 1.165) is 109 Å². The average Bonchev–Trinajstić information content (AvgIpc) is 2.14. The Bertz CT molecular complexity index is 2020. The molecule has 0 amide bonds. The van der Waals surface area contributed by atoms with Gasteiger partial charge in [0.15, 0.2) is 6.10 Å². The largest absolute Gasteiger partial charge is 0.756 e. The third-order valence-corrected chi connectivity index (χ3v) is 17.1. The van der Waals surface area contributed by atoms with E-state index in [4.69, 9.17) is 18.5 Å². The van der Waals surface area contributed by atoms with Gasteiger partial charge in [-0.2, -0.15) is 0 Å². The SMILES string of the molecule is CC/C=C\C/C=C\C/C=C\C/C=C\C/C=C\C/C=C\C/C=C\C/C=C\C/C=C\C/C=C\CCCCCCC(=O)OC(COC(=O)CCCCCCCCCCCCCCCCCCCCCCC/C=C\CCCCCCCCCC)COP(=O)([O-])OCC[N+](C)(C)C. The summed E-state index contributed by atoms with van der Waals surface area (Å²) >= 11 is 0. The van der Waals surface area contributed by atoms with Gasteiger partial charge in [0.05, 0.1) is 27.7 Å². The maximum atomic E-state index is 12.9. The van der Waals surface area contributed by atoms with Crippen LogP contribution in [-0.2, 0) is 32.7 Å². The standard InChI is InChI=1S/C82H142NO8P/c1-6-8-10-12-14-16-18-20-22-24-26-28-30-32-34-36-38-40-41-43-45-47-49-51-53-55-57-59-61-63-65-67-69-71-73-75-82(85)91-80(79-90-92(86,87)89-77-76-83(3,4)5)78-88-81(84)74-72-70-68-66-64-62-60-58-56-54-52-50-48-46-44-42-39-37-35-33-31-29-27-25-23-21-19-17-15-13-11-9-7-2/h8,10,14,16,20,22,25-28,32,34,38,40,43,45,49,51,55,57,61,63,80H,6-7,9,11-13,15,17-19,21,23-24,29-31,33,35-37,39,41-42,44,46-48,50,52-54,56,58-60,62,64-79H2,1-5H3/b10-8-,16-14-,22-20-,27-25-,28-26-,34-32-,40-38-,45-43-,51-49-,57-55-,63-61-. The van der Waals surface area contributed by atoms with Crippen LogP contribution in [0, 0.1) is 0 Å². The van der Waals surface area contributed by atoms with E-state index in [1.165, 1.54) is 180 Å². The zero-order valence-corrected chi connectivity index (χ0v) is 61.1. The average molecular weight is 1300 g/mol. The lowest BCUT2D eigenvalue weighted by Gasteiger charge is -2.28. The molecule has 0 aromatic carbocycles. The van der Waals surface area contributed by atoms with Gasteiger partial charge in [0, 0.05) is 12.8 Å². The lowest BCUT2D eigenvalue weighted by molar-refractivity contribution is -0.870. The Hall–Kier alpha value is -3.85. The fourth-order valence-electron chi connectivity index (χ4n) is 10.4. The number of quaternary nitrogens is 1. The molecule has 0 rings (SSSR count). The number of phosphoric acid groups is 1. The molecular formula is C82H142NO8P. The Balaban J connectivity index is 4.09. The number of ether oxygens (including phenoxy) is 2. The van der Waals surface area contributed by atoms with E-state index in [1.807, 2.05) is 21.1 Å². The second-order valence-corrected chi connectivity index (χ2v) is 27.7. The number of esters is 2. The number of allylic oxidation sites excluding steroid dienone is 22. The third kappa shape index (κ3) is 75.2. The summed E-state index contributed by atoms with van der Waals surface area (Å²) in [5.74, 6) is -0.860. The Labute approximate surface area is 568 Å². The molecule has 0 fully saturated rings. The normalized spacial score (nSPS) is 13.8. The fourth-order valence-corrected chi connectivity index (χ4v) is 11.1. The topological polar surface area (TPSA) is 111 Å². The minimum absolute atomic E-state index is 0.0417. The third-order valence-electron chi connectivity index (χ3n) is 16.2. The highest BCUT2D eigenvalue weighted by atomic mass is 31.2. The van der Waals surface area contributed by atoms with Crippen molar-refractivity contribution < 1.29 is 42.1 Å². The van der Waals surface area contributed by atoms with Crippen molar-refractivity contribution in [2.24, 2.45) is 0 Å². The highest BCUT2D eigenvalue weighted by molar-refractivity contribution is 7.45. The molecule has 0 aliphatic heterocycles. The fraction of sp³-hybridized carbons (Fsp3) is 0.707. The molecule has 0 aromatic heterocycles. The van der Waals surface area contributed by atoms with Crippen molar-refractivity contribution in [1.82, 2.24) is 0 Å². The number of phosphoric ester groups is 1. The summed E-state index contributed by atoms with van der Waals surface area (Å²) in [4.78, 5) is 38.1. The van der Waals surface area contributed by atoms with E-state index in [0.29, 0.717) is 17.4 Å². The Morgan fingerprint density at radius 1 is 0.348 bits per heavy atom. The molecule has 0 aromatic rings. The molecule has 0 aliphatic rings. The van der Waals surface area contributed by atoms with E-state index in [-0.39, 0.29) is 32.0 Å². The van der Waals surface area contributed by atoms with Gasteiger partial charge in [-0.1, -0.05) is 327 Å². The number of hydrogen-bond acceptors (Lipinski definition) is 8. The molecule has 0 spiro atoms. The van der Waals surface area contributed by atoms with Gasteiger partial charge >= 0.3 is 11.9 Å². The van der Waals surface area contributed by atoms with Crippen molar-refractivity contribution in [1.29, 1.82) is 0 Å². The van der Waals surface area contributed by atoms with E-state index in [2.05, 4.69) is 148 Å². The molecule has 10 heteroatoms. The monoisotopic (exact) mass is 1300 g/mol. The first kappa shape index (κ1) is 88.2. The lowest BCUT2D eigenvalue weighted by atomic mass is 10.0. The van der Waals surface area contributed by atoms with Crippen LogP contribution in [0.2, 0.25) is 0 Å². The van der Waals surface area contributed by atoms with Crippen molar-refractivity contribution in [2.75, 3.05) is 47.5 Å². The number of rotatable bonds is 69. The van der Waals surface area contributed by atoms with Gasteiger partial charge in [-0.05, 0) is 116 Å². The van der Waals surface area contributed by atoms with Crippen LogP contribution in [0.25, 0.3) is 0 Å². The van der Waals surface area contributed by atoms with Crippen LogP contribution in [0.4, 0.5) is 0 Å². The summed E-state index contributed by atoms with van der Waals surface area (Å²) < 4.78 is 34.3. The molecule has 2 unspecified atom stereocenters. The second kappa shape index (κ2) is 71.4. The number of nitrogens with zero attached hydrogens (tertiary/aromatic N) is 1. The van der Waals surface area contributed by atoms with Crippen LogP contribution in [0.15, 0.2) is 134 Å². The minimum Gasteiger partial charge on any atom is -0.756 e. The molecule has 9 nitrogen and oxygen atoms in total. The van der Waals surface area contributed by atoms with Crippen molar-refractivity contribution in [3.8, 4) is 0 Å². The first-order valence-corrected chi connectivity index (χ1v) is 39.4. The molecule has 0 radical (unpaired) electrons. The minimum atomic E-state index is -4.66.